The number of carbonyl (C=O) groups is 1. The molecule has 1 aliphatic rings. The van der Waals surface area contributed by atoms with Crippen LogP contribution in [0.4, 0.5) is 17.2 Å². The lowest BCUT2D eigenvalue weighted by Crippen LogP contribution is -2.30. The number of nitrogens with zero attached hydrogens (tertiary/aromatic N) is 3. The summed E-state index contributed by atoms with van der Waals surface area (Å²) in [6.45, 7) is 1.97. The number of hydrogen-bond acceptors (Lipinski definition) is 6. The Kier molecular flexibility index (Phi) is 4.78. The van der Waals surface area contributed by atoms with Gasteiger partial charge in [0, 0.05) is 24.7 Å². The molecule has 0 aliphatic carbocycles. The van der Waals surface area contributed by atoms with E-state index in [2.05, 4.69) is 15.2 Å². The third-order valence-electron chi connectivity index (χ3n) is 4.12. The van der Waals surface area contributed by atoms with Crippen LogP contribution >= 0.6 is 0 Å². The van der Waals surface area contributed by atoms with Crippen molar-refractivity contribution >= 4 is 23.1 Å². The summed E-state index contributed by atoms with van der Waals surface area (Å²) in [5, 5.41) is 23.0. The first kappa shape index (κ1) is 16.7. The molecule has 0 spiro atoms. The summed E-state index contributed by atoms with van der Waals surface area (Å²) in [5.41, 5.74) is 0.205. The van der Waals surface area contributed by atoms with E-state index in [4.69, 9.17) is 0 Å². The predicted octanol–water partition coefficient (Wildman–Crippen LogP) is 2.94. The first-order valence-electron chi connectivity index (χ1n) is 8.04. The highest BCUT2D eigenvalue weighted by molar-refractivity contribution is 6.04. The van der Waals surface area contributed by atoms with Crippen LogP contribution in [0.5, 0.6) is 5.75 Å². The number of carbonyl (C=O) groups excluding carboxylic acids is 1. The van der Waals surface area contributed by atoms with Gasteiger partial charge in [0.2, 0.25) is 0 Å². The van der Waals surface area contributed by atoms with E-state index in [0.29, 0.717) is 5.69 Å². The number of nitro groups is 1. The average molecular weight is 342 g/mol. The number of phenols is 1. The average Bonchev–Trinajstić information content (AvgIpc) is 2.62. The molecular formula is C17H18N4O4. The number of piperidine rings is 1. The molecule has 1 aliphatic heterocycles. The van der Waals surface area contributed by atoms with Crippen LogP contribution in [0.1, 0.15) is 29.6 Å². The van der Waals surface area contributed by atoms with Gasteiger partial charge in [0.05, 0.1) is 16.8 Å². The topological polar surface area (TPSA) is 109 Å². The molecule has 1 amide bonds. The van der Waals surface area contributed by atoms with E-state index >= 15 is 0 Å². The lowest BCUT2D eigenvalue weighted by Gasteiger charge is -2.27. The van der Waals surface area contributed by atoms with Crippen molar-refractivity contribution in [2.24, 2.45) is 0 Å². The molecule has 0 unspecified atom stereocenters. The summed E-state index contributed by atoms with van der Waals surface area (Å²) in [6.07, 6.45) is 5.13. The Morgan fingerprint density at radius 2 is 1.96 bits per heavy atom. The van der Waals surface area contributed by atoms with Gasteiger partial charge in [-0.05, 0) is 43.5 Å². The standard InChI is InChI=1S/C17H18N4O4/c22-15-10-12(4-6-14(15)21(24)25)17(23)19-13-5-7-16(18-11-13)20-8-2-1-3-9-20/h4-7,10-11,22H,1-3,8-9H2,(H,19,23). The number of benzene rings is 1. The molecule has 8 heteroatoms. The van der Waals surface area contributed by atoms with E-state index < -0.39 is 22.3 Å². The largest absolute Gasteiger partial charge is 0.502 e. The molecule has 1 fully saturated rings. The van der Waals surface area contributed by atoms with Crippen molar-refractivity contribution in [2.75, 3.05) is 23.3 Å². The maximum Gasteiger partial charge on any atom is 0.310 e. The van der Waals surface area contributed by atoms with Gasteiger partial charge in [-0.2, -0.15) is 0 Å². The van der Waals surface area contributed by atoms with Gasteiger partial charge in [0.1, 0.15) is 5.82 Å². The fourth-order valence-corrected chi connectivity index (χ4v) is 2.79. The van der Waals surface area contributed by atoms with Crippen LogP contribution in [-0.4, -0.2) is 34.0 Å². The maximum absolute atomic E-state index is 12.2. The molecule has 0 saturated carbocycles. The third-order valence-corrected chi connectivity index (χ3v) is 4.12. The van der Waals surface area contributed by atoms with Gasteiger partial charge in [-0.25, -0.2) is 4.98 Å². The number of pyridine rings is 1. The van der Waals surface area contributed by atoms with Crippen molar-refractivity contribution < 1.29 is 14.8 Å². The smallest absolute Gasteiger partial charge is 0.310 e. The van der Waals surface area contributed by atoms with Gasteiger partial charge in [-0.1, -0.05) is 0 Å². The number of hydrogen-bond donors (Lipinski definition) is 2. The predicted molar refractivity (Wildman–Crippen MR) is 93.0 cm³/mol. The van der Waals surface area contributed by atoms with E-state index in [-0.39, 0.29) is 5.56 Å². The molecule has 1 aromatic heterocycles. The Labute approximate surface area is 144 Å². The van der Waals surface area contributed by atoms with Crippen molar-refractivity contribution in [1.82, 2.24) is 4.98 Å². The van der Waals surface area contributed by atoms with Gasteiger partial charge >= 0.3 is 5.69 Å². The molecule has 0 atom stereocenters. The number of nitrogens with one attached hydrogen (secondary N) is 1. The van der Waals surface area contributed by atoms with Crippen LogP contribution in [0.2, 0.25) is 0 Å². The summed E-state index contributed by atoms with van der Waals surface area (Å²) in [6, 6.07) is 7.09. The zero-order valence-electron chi connectivity index (χ0n) is 13.5. The molecule has 8 nitrogen and oxygen atoms in total. The van der Waals surface area contributed by atoms with Crippen molar-refractivity contribution in [3.8, 4) is 5.75 Å². The quantitative estimate of drug-likeness (QED) is 0.653. The lowest BCUT2D eigenvalue weighted by molar-refractivity contribution is -0.385. The molecule has 2 aromatic rings. The molecule has 0 radical (unpaired) electrons. The van der Waals surface area contributed by atoms with E-state index in [1.807, 2.05) is 6.07 Å². The van der Waals surface area contributed by atoms with Crippen molar-refractivity contribution in [3.63, 3.8) is 0 Å². The number of phenolic OH excluding ortho intramolecular Hbond substituents is 1. The van der Waals surface area contributed by atoms with Gasteiger partial charge in [-0.3, -0.25) is 14.9 Å². The van der Waals surface area contributed by atoms with E-state index in [0.717, 1.165) is 43.9 Å². The first-order chi connectivity index (χ1) is 12.0. The van der Waals surface area contributed by atoms with E-state index in [9.17, 15) is 20.0 Å². The van der Waals surface area contributed by atoms with Crippen LogP contribution in [0.25, 0.3) is 0 Å². The number of aromatic hydroxyl groups is 1. The summed E-state index contributed by atoms with van der Waals surface area (Å²) >= 11 is 0. The highest BCUT2D eigenvalue weighted by atomic mass is 16.6. The summed E-state index contributed by atoms with van der Waals surface area (Å²) in [4.78, 5) is 28.8. The molecule has 1 saturated heterocycles. The van der Waals surface area contributed by atoms with Crippen LogP contribution < -0.4 is 10.2 Å². The second-order valence-corrected chi connectivity index (χ2v) is 5.87. The normalized spacial score (nSPS) is 14.2. The molecule has 3 rings (SSSR count). The van der Waals surface area contributed by atoms with Gasteiger partial charge in [-0.15, -0.1) is 0 Å². The summed E-state index contributed by atoms with van der Waals surface area (Å²) in [5.74, 6) is -0.139. The van der Waals surface area contributed by atoms with Gasteiger partial charge < -0.3 is 15.3 Å². The minimum absolute atomic E-state index is 0.128. The number of anilines is 2. The monoisotopic (exact) mass is 342 g/mol. The van der Waals surface area contributed by atoms with Crippen LogP contribution in [0, 0.1) is 10.1 Å². The highest BCUT2D eigenvalue weighted by Crippen LogP contribution is 2.26. The Hall–Kier alpha value is -3.16. The minimum atomic E-state index is -0.708. The van der Waals surface area contributed by atoms with Crippen LogP contribution in [0.3, 0.4) is 0 Å². The van der Waals surface area contributed by atoms with E-state index in [1.54, 1.807) is 12.3 Å². The minimum Gasteiger partial charge on any atom is -0.502 e. The Bertz CT molecular complexity index is 786. The number of rotatable bonds is 4. The molecule has 130 valence electrons. The maximum atomic E-state index is 12.2. The molecular weight excluding hydrogens is 324 g/mol. The first-order valence-corrected chi connectivity index (χ1v) is 8.04. The van der Waals surface area contributed by atoms with Crippen molar-refractivity contribution in [3.05, 3.63) is 52.2 Å². The Balaban J connectivity index is 1.68. The Morgan fingerprint density at radius 3 is 2.56 bits per heavy atom. The van der Waals surface area contributed by atoms with Crippen LogP contribution in [-0.2, 0) is 0 Å². The molecule has 25 heavy (non-hydrogen) atoms. The number of amides is 1. The van der Waals surface area contributed by atoms with Gasteiger partial charge in [0.15, 0.2) is 5.75 Å². The van der Waals surface area contributed by atoms with E-state index in [1.165, 1.54) is 12.5 Å². The second kappa shape index (κ2) is 7.16. The molecule has 1 aromatic carbocycles. The number of aromatic nitrogens is 1. The van der Waals surface area contributed by atoms with Crippen molar-refractivity contribution in [1.29, 1.82) is 0 Å². The third kappa shape index (κ3) is 3.85. The van der Waals surface area contributed by atoms with Crippen molar-refractivity contribution in [2.45, 2.75) is 19.3 Å². The summed E-state index contributed by atoms with van der Waals surface area (Å²) < 4.78 is 0. The fraction of sp³-hybridized carbons (Fsp3) is 0.294. The van der Waals surface area contributed by atoms with Gasteiger partial charge in [0.25, 0.3) is 5.91 Å². The fourth-order valence-electron chi connectivity index (χ4n) is 2.79. The molecule has 2 heterocycles. The highest BCUT2D eigenvalue weighted by Gasteiger charge is 2.16. The summed E-state index contributed by atoms with van der Waals surface area (Å²) in [7, 11) is 0. The molecule has 0 bridgehead atoms. The number of nitro benzene ring substituents is 1. The Morgan fingerprint density at radius 1 is 1.20 bits per heavy atom. The zero-order chi connectivity index (χ0) is 17.8. The SMILES string of the molecule is O=C(Nc1ccc(N2CCCCC2)nc1)c1ccc([N+](=O)[O-])c(O)c1. The molecule has 2 N–H and O–H groups in total. The lowest BCUT2D eigenvalue weighted by atomic mass is 10.1. The second-order valence-electron chi connectivity index (χ2n) is 5.87. The van der Waals surface area contributed by atoms with Crippen LogP contribution in [0.15, 0.2) is 36.5 Å². The zero-order valence-corrected chi connectivity index (χ0v) is 13.5.